The first-order chi connectivity index (χ1) is 56.8. The fourth-order valence-electron chi connectivity index (χ4n) is 18.9. The average Bonchev–Trinajstić information content (AvgIpc) is 0.952. The van der Waals surface area contributed by atoms with E-state index in [0.717, 1.165) is 123 Å². The predicted molar refractivity (Wildman–Crippen MR) is 493 cm³/mol. The first-order valence-corrected chi connectivity index (χ1v) is 40.8. The van der Waals surface area contributed by atoms with Gasteiger partial charge >= 0.3 is 0 Å². The van der Waals surface area contributed by atoms with Gasteiger partial charge in [-0.3, -0.25) is 0 Å². The van der Waals surface area contributed by atoms with E-state index in [9.17, 15) is 0 Å². The monoisotopic (exact) mass is 1480 g/mol. The van der Waals surface area contributed by atoms with Gasteiger partial charge in [-0.25, -0.2) is 0 Å². The predicted octanol–water partition coefficient (Wildman–Crippen LogP) is 27.7. The maximum Gasteiger partial charge on any atom is 0.252 e. The second-order valence-electron chi connectivity index (χ2n) is 33.5. The Balaban J connectivity index is 0.913. The zero-order chi connectivity index (χ0) is 77.9. The van der Waals surface area contributed by atoms with Crippen molar-refractivity contribution in [2.75, 3.05) is 9.80 Å². The van der Waals surface area contributed by atoms with E-state index in [-0.39, 0.29) is 23.5 Å². The Morgan fingerprint density at radius 3 is 0.957 bits per heavy atom. The zero-order valence-electron chi connectivity index (χ0n) is 66.0. The number of hydrogen-bond acceptors (Lipinski definition) is 2. The zero-order valence-corrected chi connectivity index (χ0v) is 66.0. The number of rotatable bonds is 13. The first-order valence-electron chi connectivity index (χ1n) is 40.8. The minimum atomic E-state index is -0.281. The van der Waals surface area contributed by atoms with Crippen molar-refractivity contribution in [2.24, 2.45) is 0 Å². The van der Waals surface area contributed by atoms with Crippen molar-refractivity contribution in [1.29, 1.82) is 0 Å². The van der Waals surface area contributed by atoms with E-state index in [1.54, 1.807) is 0 Å². The molecule has 0 saturated heterocycles. The van der Waals surface area contributed by atoms with Crippen LogP contribution < -0.4 is 26.2 Å². The Bertz CT molecular complexity index is 6820. The van der Waals surface area contributed by atoms with E-state index in [1.165, 1.54) is 76.8 Å². The second-order valence-corrected chi connectivity index (χ2v) is 33.5. The molecule has 116 heavy (non-hydrogen) atoms. The highest BCUT2D eigenvalue weighted by Gasteiger charge is 2.46. The van der Waals surface area contributed by atoms with Crippen LogP contribution in [0.5, 0.6) is 0 Å². The molecule has 2 aromatic heterocycles. The Morgan fingerprint density at radius 1 is 0.233 bits per heavy atom. The number of fused-ring (bicyclic) bond motifs is 10. The normalized spacial score (nSPS) is 12.6. The molecule has 0 N–H and O–H groups in total. The maximum absolute atomic E-state index is 2.73. The third-order valence-electron chi connectivity index (χ3n) is 24.5. The van der Waals surface area contributed by atoms with Crippen LogP contribution >= 0.6 is 0 Å². The molecule has 4 nitrogen and oxygen atoms in total. The van der Waals surface area contributed by atoms with Crippen molar-refractivity contribution in [3.8, 4) is 78.1 Å². The number of anilines is 6. The molecule has 17 aromatic carbocycles. The van der Waals surface area contributed by atoms with Crippen LogP contribution in [0.25, 0.3) is 122 Å². The lowest BCUT2D eigenvalue weighted by molar-refractivity contribution is 0.589. The van der Waals surface area contributed by atoms with Crippen LogP contribution in [0.2, 0.25) is 0 Å². The van der Waals surface area contributed by atoms with Gasteiger partial charge in [0.2, 0.25) is 0 Å². The summed E-state index contributed by atoms with van der Waals surface area (Å²) in [4.78, 5) is 5.43. The van der Waals surface area contributed by atoms with Crippen LogP contribution in [-0.4, -0.2) is 15.8 Å². The third-order valence-corrected chi connectivity index (χ3v) is 24.5. The summed E-state index contributed by atoms with van der Waals surface area (Å²) in [5.74, 6) is -0.141. The van der Waals surface area contributed by atoms with E-state index < -0.39 is 0 Å². The average molecular weight is 1490 g/mol. The number of para-hydroxylation sites is 6. The van der Waals surface area contributed by atoms with E-state index in [4.69, 9.17) is 0 Å². The van der Waals surface area contributed by atoms with Crippen molar-refractivity contribution in [3.05, 3.63) is 428 Å². The minimum Gasteiger partial charge on any atom is -0.310 e. The number of aromatic nitrogens is 2. The summed E-state index contributed by atoms with van der Waals surface area (Å²) in [5, 5.41) is 4.81. The molecule has 2 aliphatic heterocycles. The van der Waals surface area contributed by atoms with Crippen molar-refractivity contribution in [3.63, 3.8) is 0 Å². The van der Waals surface area contributed by atoms with Crippen LogP contribution in [0.15, 0.2) is 400 Å². The standard InChI is InChI=1S/C111H85BN4/c1-110(2,3)84-59-51-77(52-60-84)106(78-53-61-85(62-54-78)111(4,5)6)82-56-64-97-103(70-82)116(109-90(75-35-17-9-18-36-75)47-30-48-91(109)76-37-19-10-20-38-76)105-72-83(80-58-66-101-95(68-80)93-44-26-28-50-99(93)114(101)87-41-23-12-24-42-87)71-104-107(105)112(97)96-63-55-81(79-57-65-100-94(67-79)92-43-25-27-49-98(92)113(100)86-39-21-11-22-40-86)69-102(96)115(104)108-88(73-31-13-7-14-32-73)45-29-46-89(108)74-33-15-8-16-34-74/h7-72,106H,1-6H3. The van der Waals surface area contributed by atoms with E-state index in [1.807, 2.05) is 0 Å². The molecule has 21 rings (SSSR count). The van der Waals surface area contributed by atoms with Gasteiger partial charge in [0.1, 0.15) is 0 Å². The van der Waals surface area contributed by atoms with Crippen LogP contribution in [0.3, 0.4) is 0 Å². The van der Waals surface area contributed by atoms with Crippen LogP contribution in [0.1, 0.15) is 75.3 Å². The van der Waals surface area contributed by atoms with Gasteiger partial charge in [-0.15, -0.1) is 0 Å². The van der Waals surface area contributed by atoms with Gasteiger partial charge in [0.15, 0.2) is 0 Å². The molecular weight excluding hydrogens is 1400 g/mol. The molecule has 2 aliphatic rings. The SMILES string of the molecule is CC(C)(C)c1ccc(C(c2ccc(C(C)(C)C)cc2)c2ccc3c(c2)N(c2c(-c4ccccc4)cccc2-c2ccccc2)c2cc(-c4ccc5c(c4)c4ccccc4n5-c4ccccc4)cc4c2B3c2ccc(-c3ccc5c(c3)c3ccccc3n5-c3ccccc3)cc2N4c2c(-c3ccccc3)cccc2-c2ccccc2)cc1. The smallest absolute Gasteiger partial charge is 0.252 e. The fraction of sp³-hybridized carbons (Fsp3) is 0.0811. The topological polar surface area (TPSA) is 16.3 Å². The molecule has 0 radical (unpaired) electrons. The quantitative estimate of drug-likeness (QED) is 0.0845. The molecule has 0 amide bonds. The van der Waals surface area contributed by atoms with Crippen molar-refractivity contribution >= 4 is 101 Å². The molecule has 0 atom stereocenters. The Morgan fingerprint density at radius 2 is 0.552 bits per heavy atom. The summed E-state index contributed by atoms with van der Waals surface area (Å²) >= 11 is 0. The summed E-state index contributed by atoms with van der Waals surface area (Å²) in [5.41, 5.74) is 37.0. The number of benzene rings is 17. The molecule has 0 bridgehead atoms. The van der Waals surface area contributed by atoms with Gasteiger partial charge in [0.05, 0.1) is 33.4 Å². The maximum atomic E-state index is 2.73. The third kappa shape index (κ3) is 11.8. The number of nitrogens with zero attached hydrogens (tertiary/aromatic N) is 4. The van der Waals surface area contributed by atoms with Crippen molar-refractivity contribution in [1.82, 2.24) is 9.13 Å². The van der Waals surface area contributed by atoms with Gasteiger partial charge in [-0.2, -0.15) is 0 Å². The molecule has 4 heterocycles. The molecule has 0 aliphatic carbocycles. The van der Waals surface area contributed by atoms with Gasteiger partial charge in [0.25, 0.3) is 6.71 Å². The highest BCUT2D eigenvalue weighted by atomic mass is 15.2. The van der Waals surface area contributed by atoms with Crippen LogP contribution in [0.4, 0.5) is 34.1 Å². The highest BCUT2D eigenvalue weighted by Crippen LogP contribution is 2.55. The van der Waals surface area contributed by atoms with Gasteiger partial charge in [-0.1, -0.05) is 357 Å². The summed E-state index contributed by atoms with van der Waals surface area (Å²) in [6, 6.07) is 152. The van der Waals surface area contributed by atoms with Gasteiger partial charge in [0, 0.05) is 83.8 Å². The molecule has 0 spiro atoms. The minimum absolute atomic E-state index is 0.0353. The lowest BCUT2D eigenvalue weighted by Crippen LogP contribution is -2.61. The van der Waals surface area contributed by atoms with Crippen LogP contribution in [0, 0.1) is 0 Å². The summed E-state index contributed by atoms with van der Waals surface area (Å²) < 4.78 is 4.85. The first kappa shape index (κ1) is 69.9. The Labute approximate surface area is 679 Å². The summed E-state index contributed by atoms with van der Waals surface area (Å²) in [6.45, 7) is 13.6. The summed E-state index contributed by atoms with van der Waals surface area (Å²) in [7, 11) is 0. The number of hydrogen-bond donors (Lipinski definition) is 0. The second kappa shape index (κ2) is 28.0. The lowest BCUT2D eigenvalue weighted by Gasteiger charge is -2.46. The van der Waals surface area contributed by atoms with Crippen LogP contribution in [-0.2, 0) is 10.8 Å². The molecule has 552 valence electrons. The van der Waals surface area contributed by atoms with E-state index in [2.05, 4.69) is 461 Å². The molecular formula is C111H85BN4. The Kier molecular flexibility index (Phi) is 16.9. The Hall–Kier alpha value is -14.0. The van der Waals surface area contributed by atoms with Crippen molar-refractivity contribution < 1.29 is 0 Å². The molecule has 0 saturated carbocycles. The molecule has 0 fully saturated rings. The molecule has 19 aromatic rings. The molecule has 5 heteroatoms. The van der Waals surface area contributed by atoms with Gasteiger partial charge in [-0.05, 0) is 184 Å². The largest absolute Gasteiger partial charge is 0.310 e. The molecule has 0 unspecified atom stereocenters. The van der Waals surface area contributed by atoms with E-state index in [0.29, 0.717) is 0 Å². The van der Waals surface area contributed by atoms with Gasteiger partial charge < -0.3 is 18.9 Å². The highest BCUT2D eigenvalue weighted by molar-refractivity contribution is 7.00. The lowest BCUT2D eigenvalue weighted by atomic mass is 9.33. The van der Waals surface area contributed by atoms with E-state index >= 15 is 0 Å². The fourth-order valence-corrected chi connectivity index (χ4v) is 18.9. The summed E-state index contributed by atoms with van der Waals surface area (Å²) in [6.07, 6.45) is 0. The van der Waals surface area contributed by atoms with Crippen molar-refractivity contribution in [2.45, 2.75) is 58.3 Å².